The summed E-state index contributed by atoms with van der Waals surface area (Å²) in [6.07, 6.45) is 1.16. The molecule has 1 unspecified atom stereocenters. The summed E-state index contributed by atoms with van der Waals surface area (Å²) in [7, 11) is 1.97. The number of benzene rings is 1. The standard InChI is InChI=1S/C20H27N3O2/c1-14(2)13-18(24)20(25)23-11-9-16-17(10-12-23)22(3)21-19(16)15-7-5-4-6-8-15/h4-8,14,18,24H,9-13H2,1-3H3. The maximum Gasteiger partial charge on any atom is 0.251 e. The zero-order valence-corrected chi connectivity index (χ0v) is 15.3. The van der Waals surface area contributed by atoms with E-state index in [0.717, 1.165) is 24.1 Å². The lowest BCUT2D eigenvalue weighted by Gasteiger charge is -2.24. The van der Waals surface area contributed by atoms with E-state index in [2.05, 4.69) is 12.1 Å². The molecule has 0 bridgehead atoms. The van der Waals surface area contributed by atoms with Gasteiger partial charge in [-0.1, -0.05) is 44.2 Å². The third-order valence-corrected chi connectivity index (χ3v) is 4.86. The average Bonchev–Trinajstić information content (AvgIpc) is 2.77. The van der Waals surface area contributed by atoms with E-state index in [1.807, 2.05) is 48.7 Å². The number of aliphatic hydroxyl groups is 1. The van der Waals surface area contributed by atoms with E-state index < -0.39 is 6.10 Å². The van der Waals surface area contributed by atoms with Crippen LogP contribution in [0.4, 0.5) is 0 Å². The van der Waals surface area contributed by atoms with Crippen LogP contribution in [0, 0.1) is 5.92 Å². The molecule has 0 spiro atoms. The summed E-state index contributed by atoms with van der Waals surface area (Å²) in [6.45, 7) is 5.31. The Morgan fingerprint density at radius 3 is 2.56 bits per heavy atom. The number of aliphatic hydroxyl groups excluding tert-OH is 1. The van der Waals surface area contributed by atoms with Crippen LogP contribution < -0.4 is 0 Å². The molecular formula is C20H27N3O2. The molecule has 2 heterocycles. The highest BCUT2D eigenvalue weighted by molar-refractivity contribution is 5.81. The van der Waals surface area contributed by atoms with Crippen molar-refractivity contribution in [2.45, 2.75) is 39.2 Å². The van der Waals surface area contributed by atoms with Gasteiger partial charge in [-0.05, 0) is 18.8 Å². The van der Waals surface area contributed by atoms with Crippen molar-refractivity contribution in [3.05, 3.63) is 41.6 Å². The first-order chi connectivity index (χ1) is 12.0. The highest BCUT2D eigenvalue weighted by Crippen LogP contribution is 2.28. The van der Waals surface area contributed by atoms with E-state index in [9.17, 15) is 9.90 Å². The Morgan fingerprint density at radius 1 is 1.20 bits per heavy atom. The number of nitrogens with zero attached hydrogens (tertiary/aromatic N) is 3. The van der Waals surface area contributed by atoms with Crippen LogP contribution in [0.15, 0.2) is 30.3 Å². The van der Waals surface area contributed by atoms with Gasteiger partial charge in [0.2, 0.25) is 0 Å². The zero-order chi connectivity index (χ0) is 18.0. The van der Waals surface area contributed by atoms with Crippen molar-refractivity contribution in [3.63, 3.8) is 0 Å². The molecule has 1 aromatic carbocycles. The van der Waals surface area contributed by atoms with Gasteiger partial charge in [-0.2, -0.15) is 5.10 Å². The molecule has 0 saturated carbocycles. The molecule has 1 atom stereocenters. The first-order valence-electron chi connectivity index (χ1n) is 9.04. The van der Waals surface area contributed by atoms with Crippen molar-refractivity contribution in [3.8, 4) is 11.3 Å². The number of aromatic nitrogens is 2. The number of carbonyl (C=O) groups excluding carboxylic acids is 1. The molecule has 1 N–H and O–H groups in total. The smallest absolute Gasteiger partial charge is 0.251 e. The van der Waals surface area contributed by atoms with E-state index >= 15 is 0 Å². The number of aryl methyl sites for hydroxylation is 1. The van der Waals surface area contributed by atoms with E-state index in [4.69, 9.17) is 5.10 Å². The van der Waals surface area contributed by atoms with Gasteiger partial charge in [0.05, 0.1) is 5.69 Å². The van der Waals surface area contributed by atoms with Crippen molar-refractivity contribution < 1.29 is 9.90 Å². The third-order valence-electron chi connectivity index (χ3n) is 4.86. The molecule has 1 aliphatic rings. The molecule has 2 aromatic rings. The summed E-state index contributed by atoms with van der Waals surface area (Å²) in [6, 6.07) is 10.2. The summed E-state index contributed by atoms with van der Waals surface area (Å²) in [5, 5.41) is 14.9. The minimum Gasteiger partial charge on any atom is -0.383 e. The van der Waals surface area contributed by atoms with Crippen molar-refractivity contribution in [2.24, 2.45) is 13.0 Å². The molecule has 5 heteroatoms. The molecule has 0 fully saturated rings. The van der Waals surface area contributed by atoms with Crippen LogP contribution in [0.25, 0.3) is 11.3 Å². The van der Waals surface area contributed by atoms with Crippen molar-refractivity contribution in [1.29, 1.82) is 0 Å². The third kappa shape index (κ3) is 3.76. The summed E-state index contributed by atoms with van der Waals surface area (Å²) in [4.78, 5) is 14.4. The Balaban J connectivity index is 1.80. The zero-order valence-electron chi connectivity index (χ0n) is 15.3. The van der Waals surface area contributed by atoms with Crippen LogP contribution >= 0.6 is 0 Å². The second-order valence-electron chi connectivity index (χ2n) is 7.23. The van der Waals surface area contributed by atoms with Crippen LogP contribution in [0.2, 0.25) is 0 Å². The maximum atomic E-state index is 12.6. The van der Waals surface area contributed by atoms with Gasteiger partial charge in [-0.25, -0.2) is 0 Å². The molecule has 134 valence electrons. The number of amides is 1. The minimum absolute atomic E-state index is 0.143. The summed E-state index contributed by atoms with van der Waals surface area (Å²) in [5.74, 6) is 0.160. The Morgan fingerprint density at radius 2 is 1.88 bits per heavy atom. The second-order valence-corrected chi connectivity index (χ2v) is 7.23. The SMILES string of the molecule is CC(C)CC(O)C(=O)N1CCc2c(-c3ccccc3)nn(C)c2CC1. The lowest BCUT2D eigenvalue weighted by molar-refractivity contribution is -0.140. The van der Waals surface area contributed by atoms with E-state index in [-0.39, 0.29) is 5.91 Å². The van der Waals surface area contributed by atoms with Gasteiger partial charge in [0.15, 0.2) is 0 Å². The van der Waals surface area contributed by atoms with Crippen molar-refractivity contribution >= 4 is 5.91 Å². The van der Waals surface area contributed by atoms with Crippen LogP contribution in [0.1, 0.15) is 31.5 Å². The van der Waals surface area contributed by atoms with Gasteiger partial charge in [0.25, 0.3) is 5.91 Å². The normalized spacial score (nSPS) is 15.8. The van der Waals surface area contributed by atoms with Crippen molar-refractivity contribution in [2.75, 3.05) is 13.1 Å². The Kier molecular flexibility index (Phi) is 5.23. The molecule has 1 amide bonds. The predicted octanol–water partition coefficient (Wildman–Crippen LogP) is 2.42. The number of carbonyl (C=O) groups is 1. The molecule has 1 aliphatic heterocycles. The van der Waals surface area contributed by atoms with E-state index in [1.54, 1.807) is 0 Å². The van der Waals surface area contributed by atoms with Crippen LogP contribution in [-0.2, 0) is 24.7 Å². The molecular weight excluding hydrogens is 314 g/mol. The van der Waals surface area contributed by atoms with E-state index in [0.29, 0.717) is 25.4 Å². The van der Waals surface area contributed by atoms with Crippen LogP contribution in [0.5, 0.6) is 0 Å². The molecule has 5 nitrogen and oxygen atoms in total. The fourth-order valence-corrected chi connectivity index (χ4v) is 3.58. The number of fused-ring (bicyclic) bond motifs is 1. The molecule has 0 saturated heterocycles. The van der Waals surface area contributed by atoms with Gasteiger partial charge >= 0.3 is 0 Å². The second kappa shape index (κ2) is 7.40. The highest BCUT2D eigenvalue weighted by Gasteiger charge is 2.27. The van der Waals surface area contributed by atoms with Crippen molar-refractivity contribution in [1.82, 2.24) is 14.7 Å². The summed E-state index contributed by atoms with van der Waals surface area (Å²) >= 11 is 0. The Bertz CT molecular complexity index is 737. The van der Waals surface area contributed by atoms with Gasteiger partial charge in [0, 0.05) is 43.4 Å². The van der Waals surface area contributed by atoms with Gasteiger partial charge in [-0.3, -0.25) is 9.48 Å². The first-order valence-corrected chi connectivity index (χ1v) is 9.04. The Labute approximate surface area is 149 Å². The largest absolute Gasteiger partial charge is 0.383 e. The number of rotatable bonds is 4. The molecule has 3 rings (SSSR count). The topological polar surface area (TPSA) is 58.4 Å². The molecule has 0 aliphatic carbocycles. The first kappa shape index (κ1) is 17.7. The van der Waals surface area contributed by atoms with Gasteiger partial charge < -0.3 is 10.0 Å². The highest BCUT2D eigenvalue weighted by atomic mass is 16.3. The average molecular weight is 341 g/mol. The van der Waals surface area contributed by atoms with Gasteiger partial charge in [0.1, 0.15) is 6.10 Å². The lowest BCUT2D eigenvalue weighted by atomic mass is 10.0. The number of hydrogen-bond acceptors (Lipinski definition) is 3. The fourth-order valence-electron chi connectivity index (χ4n) is 3.58. The van der Waals surface area contributed by atoms with E-state index in [1.165, 1.54) is 11.3 Å². The summed E-state index contributed by atoms with van der Waals surface area (Å²) < 4.78 is 1.94. The molecule has 1 aromatic heterocycles. The fraction of sp³-hybridized carbons (Fsp3) is 0.500. The van der Waals surface area contributed by atoms with Gasteiger partial charge in [-0.15, -0.1) is 0 Å². The minimum atomic E-state index is -0.895. The number of hydrogen-bond donors (Lipinski definition) is 1. The lowest BCUT2D eigenvalue weighted by Crippen LogP contribution is -2.41. The molecule has 0 radical (unpaired) electrons. The van der Waals surface area contributed by atoms with Crippen LogP contribution in [-0.4, -0.2) is 44.9 Å². The maximum absolute atomic E-state index is 12.6. The Hall–Kier alpha value is -2.14. The summed E-state index contributed by atoms with van der Waals surface area (Å²) in [5.41, 5.74) is 4.53. The monoisotopic (exact) mass is 341 g/mol. The van der Waals surface area contributed by atoms with Crippen LogP contribution in [0.3, 0.4) is 0 Å². The molecule has 25 heavy (non-hydrogen) atoms. The quantitative estimate of drug-likeness (QED) is 0.929. The predicted molar refractivity (Wildman–Crippen MR) is 98.1 cm³/mol.